The lowest BCUT2D eigenvalue weighted by Crippen LogP contribution is -2.33. The number of hydrogen-bond donors (Lipinski definition) is 0. The molecule has 3 aromatic rings. The summed E-state index contributed by atoms with van der Waals surface area (Å²) in [6.45, 7) is 1.34. The highest BCUT2D eigenvalue weighted by molar-refractivity contribution is 7.99. The van der Waals surface area contributed by atoms with Crippen LogP contribution in [-0.2, 0) is 17.9 Å². The molecule has 6 nitrogen and oxygen atoms in total. The van der Waals surface area contributed by atoms with E-state index in [9.17, 15) is 4.79 Å². The second-order valence-electron chi connectivity index (χ2n) is 5.87. The molecule has 0 radical (unpaired) electrons. The first-order valence-corrected chi connectivity index (χ1v) is 10.8. The predicted octanol–water partition coefficient (Wildman–Crippen LogP) is 3.13. The van der Waals surface area contributed by atoms with Gasteiger partial charge in [0, 0.05) is 17.5 Å². The summed E-state index contributed by atoms with van der Waals surface area (Å²) < 4.78 is 1.75. The van der Waals surface area contributed by atoms with Gasteiger partial charge < -0.3 is 4.90 Å². The van der Waals surface area contributed by atoms with E-state index >= 15 is 0 Å². The van der Waals surface area contributed by atoms with Crippen molar-refractivity contribution in [2.45, 2.75) is 37.1 Å². The fraction of sp³-hybridized carbons (Fsp3) is 0.375. The number of hydrogen-bond acceptors (Lipinski definition) is 7. The average Bonchev–Trinajstić information content (AvgIpc) is 3.04. The van der Waals surface area contributed by atoms with E-state index in [-0.39, 0.29) is 5.91 Å². The molecular weight excluding hydrogens is 374 g/mol. The molecule has 0 aliphatic heterocycles. The summed E-state index contributed by atoms with van der Waals surface area (Å²) in [6.07, 6.45) is 2.22. The van der Waals surface area contributed by atoms with Gasteiger partial charge in [-0.25, -0.2) is 4.68 Å². The van der Waals surface area contributed by atoms with E-state index in [1.165, 1.54) is 22.2 Å². The topological polar surface area (TPSA) is 63.9 Å². The predicted molar refractivity (Wildman–Crippen MR) is 99.9 cm³/mol. The number of thioether (sulfide) groups is 1. The van der Waals surface area contributed by atoms with Crippen LogP contribution in [0.3, 0.4) is 0 Å². The lowest BCUT2D eigenvalue weighted by atomic mass is 10.3. The van der Waals surface area contributed by atoms with Gasteiger partial charge in [-0.3, -0.25) is 4.79 Å². The van der Waals surface area contributed by atoms with Crippen molar-refractivity contribution in [2.24, 2.45) is 0 Å². The molecular formula is C16H17N5OS3. The van der Waals surface area contributed by atoms with Crippen LogP contribution in [0.1, 0.15) is 23.3 Å². The molecule has 0 unspecified atom stereocenters. The summed E-state index contributed by atoms with van der Waals surface area (Å²) in [4.78, 5) is 15.9. The minimum Gasteiger partial charge on any atom is -0.335 e. The molecule has 9 heteroatoms. The summed E-state index contributed by atoms with van der Waals surface area (Å²) in [5, 5.41) is 18.7. The first-order valence-electron chi connectivity index (χ1n) is 8.01. The van der Waals surface area contributed by atoms with Crippen molar-refractivity contribution >= 4 is 40.3 Å². The molecule has 4 rings (SSSR count). The fourth-order valence-electron chi connectivity index (χ4n) is 2.54. The Morgan fingerprint density at radius 1 is 1.36 bits per heavy atom. The van der Waals surface area contributed by atoms with Crippen molar-refractivity contribution < 1.29 is 4.79 Å². The number of aromatic nitrogens is 4. The number of thiophene rings is 2. The van der Waals surface area contributed by atoms with Crippen LogP contribution >= 0.6 is 34.4 Å². The molecule has 0 N–H and O–H groups in total. The van der Waals surface area contributed by atoms with Crippen LogP contribution in [0.15, 0.2) is 39.5 Å². The normalized spacial score (nSPS) is 13.9. The minimum absolute atomic E-state index is 0.157. The maximum atomic E-state index is 12.7. The zero-order chi connectivity index (χ0) is 17.1. The van der Waals surface area contributed by atoms with Crippen LogP contribution in [0.5, 0.6) is 0 Å². The van der Waals surface area contributed by atoms with Crippen LogP contribution < -0.4 is 0 Å². The Hall–Kier alpha value is -1.71. The monoisotopic (exact) mass is 391 g/mol. The lowest BCUT2D eigenvalue weighted by molar-refractivity contribution is -0.129. The highest BCUT2D eigenvalue weighted by atomic mass is 32.2. The fourth-order valence-corrected chi connectivity index (χ4v) is 4.65. The van der Waals surface area contributed by atoms with Gasteiger partial charge in [0.25, 0.3) is 0 Å². The lowest BCUT2D eigenvalue weighted by Gasteiger charge is -2.21. The number of nitrogens with zero attached hydrogens (tertiary/aromatic N) is 5. The van der Waals surface area contributed by atoms with Gasteiger partial charge in [-0.2, -0.15) is 11.3 Å². The SMILES string of the molecule is O=C(CSc1nnnn1Cc1cccs1)N(Cc1ccsc1)C1CC1. The van der Waals surface area contributed by atoms with E-state index in [1.807, 2.05) is 16.3 Å². The van der Waals surface area contributed by atoms with Gasteiger partial charge in [0.15, 0.2) is 0 Å². The van der Waals surface area contributed by atoms with Crippen molar-refractivity contribution in [3.63, 3.8) is 0 Å². The number of tetrazole rings is 1. The van der Waals surface area contributed by atoms with Crippen molar-refractivity contribution in [2.75, 3.05) is 5.75 Å². The molecule has 1 aliphatic rings. The van der Waals surface area contributed by atoms with Crippen LogP contribution in [-0.4, -0.2) is 42.8 Å². The van der Waals surface area contributed by atoms with Crippen LogP contribution in [0.2, 0.25) is 0 Å². The van der Waals surface area contributed by atoms with Gasteiger partial charge in [-0.1, -0.05) is 17.8 Å². The average molecular weight is 392 g/mol. The molecule has 0 aromatic carbocycles. The van der Waals surface area contributed by atoms with Crippen LogP contribution in [0, 0.1) is 0 Å². The summed E-state index contributed by atoms with van der Waals surface area (Å²) in [5.74, 6) is 0.523. The standard InChI is InChI=1S/C16H17N5OS3/c22-15(20(13-3-4-13)8-12-5-7-23-10-12)11-25-16-17-18-19-21(16)9-14-2-1-6-24-14/h1-2,5-7,10,13H,3-4,8-9,11H2. The Labute approximate surface area is 157 Å². The molecule has 1 amide bonds. The molecule has 3 aromatic heterocycles. The highest BCUT2D eigenvalue weighted by Crippen LogP contribution is 2.30. The minimum atomic E-state index is 0.157. The Morgan fingerprint density at radius 3 is 3.00 bits per heavy atom. The van der Waals surface area contributed by atoms with E-state index < -0.39 is 0 Å². The summed E-state index contributed by atoms with van der Waals surface area (Å²) in [5.41, 5.74) is 1.21. The molecule has 0 spiro atoms. The zero-order valence-electron chi connectivity index (χ0n) is 13.4. The molecule has 25 heavy (non-hydrogen) atoms. The molecule has 0 saturated heterocycles. The van der Waals surface area contributed by atoms with Gasteiger partial charge >= 0.3 is 0 Å². The van der Waals surface area contributed by atoms with Crippen molar-refractivity contribution in [3.05, 3.63) is 44.8 Å². The van der Waals surface area contributed by atoms with Gasteiger partial charge in [-0.05, 0) is 57.1 Å². The molecule has 130 valence electrons. The van der Waals surface area contributed by atoms with E-state index in [2.05, 4.69) is 38.4 Å². The first-order chi connectivity index (χ1) is 12.3. The molecule has 1 fully saturated rings. The molecule has 3 heterocycles. The van der Waals surface area contributed by atoms with E-state index in [1.54, 1.807) is 27.4 Å². The van der Waals surface area contributed by atoms with Crippen molar-refractivity contribution in [1.29, 1.82) is 0 Å². The summed E-state index contributed by atoms with van der Waals surface area (Å²) in [6, 6.07) is 6.55. The number of carbonyl (C=O) groups is 1. The zero-order valence-corrected chi connectivity index (χ0v) is 15.9. The van der Waals surface area contributed by atoms with E-state index in [0.29, 0.717) is 30.0 Å². The molecule has 1 aliphatic carbocycles. The summed E-state index contributed by atoms with van der Waals surface area (Å²) >= 11 is 4.75. The van der Waals surface area contributed by atoms with E-state index in [0.717, 1.165) is 12.8 Å². The Bertz CT molecular complexity index is 811. The van der Waals surface area contributed by atoms with Gasteiger partial charge in [-0.15, -0.1) is 16.4 Å². The van der Waals surface area contributed by atoms with Crippen molar-refractivity contribution in [1.82, 2.24) is 25.1 Å². The van der Waals surface area contributed by atoms with Crippen molar-refractivity contribution in [3.8, 4) is 0 Å². The smallest absolute Gasteiger partial charge is 0.233 e. The Kier molecular flexibility index (Phi) is 5.14. The van der Waals surface area contributed by atoms with Gasteiger partial charge in [0.05, 0.1) is 12.3 Å². The second-order valence-corrected chi connectivity index (χ2v) is 8.63. The third kappa shape index (κ3) is 4.28. The van der Waals surface area contributed by atoms with Crippen LogP contribution in [0.4, 0.5) is 0 Å². The van der Waals surface area contributed by atoms with Gasteiger partial charge in [0.1, 0.15) is 0 Å². The number of amides is 1. The third-order valence-corrected chi connectivity index (χ3v) is 6.49. The molecule has 0 bridgehead atoms. The highest BCUT2D eigenvalue weighted by Gasteiger charge is 2.32. The molecule has 0 atom stereocenters. The number of carbonyl (C=O) groups excluding carboxylic acids is 1. The second kappa shape index (κ2) is 7.67. The summed E-state index contributed by atoms with van der Waals surface area (Å²) in [7, 11) is 0. The quantitative estimate of drug-likeness (QED) is 0.552. The largest absolute Gasteiger partial charge is 0.335 e. The maximum absolute atomic E-state index is 12.7. The third-order valence-electron chi connectivity index (χ3n) is 3.95. The Balaban J connectivity index is 1.37. The molecule has 1 saturated carbocycles. The maximum Gasteiger partial charge on any atom is 0.233 e. The number of rotatable bonds is 8. The first kappa shape index (κ1) is 16.7. The van der Waals surface area contributed by atoms with Gasteiger partial charge in [0.2, 0.25) is 11.1 Å². The van der Waals surface area contributed by atoms with E-state index in [4.69, 9.17) is 0 Å². The Morgan fingerprint density at radius 2 is 2.28 bits per heavy atom. The van der Waals surface area contributed by atoms with Crippen LogP contribution in [0.25, 0.3) is 0 Å².